The minimum Gasteiger partial charge on any atom is -0.440 e. The lowest BCUT2D eigenvalue weighted by molar-refractivity contribution is -0.892. The topological polar surface area (TPSA) is 63.5 Å². The third kappa shape index (κ3) is 4.23. The van der Waals surface area contributed by atoms with Crippen molar-refractivity contribution in [3.8, 4) is 6.07 Å². The highest BCUT2D eigenvalue weighted by Crippen LogP contribution is 2.41. The average molecular weight is 420 g/mol. The zero-order valence-corrected chi connectivity index (χ0v) is 17.3. The van der Waals surface area contributed by atoms with E-state index in [1.807, 2.05) is 6.08 Å². The van der Waals surface area contributed by atoms with Gasteiger partial charge in [-0.25, -0.2) is 8.78 Å². The van der Waals surface area contributed by atoms with Gasteiger partial charge < -0.3 is 15.4 Å². The Labute approximate surface area is 180 Å². The average Bonchev–Trinajstić information content (AvgIpc) is 2.76. The van der Waals surface area contributed by atoms with Crippen LogP contribution in [0.4, 0.5) is 8.78 Å². The number of hydrogen-bond acceptors (Lipinski definition) is 3. The minimum absolute atomic E-state index is 0.0690. The van der Waals surface area contributed by atoms with Crippen LogP contribution >= 0.6 is 0 Å². The van der Waals surface area contributed by atoms with Crippen molar-refractivity contribution in [3.63, 3.8) is 0 Å². The van der Waals surface area contributed by atoms with Gasteiger partial charge in [0.25, 0.3) is 0 Å². The Hall–Kier alpha value is -3.43. The first-order valence-corrected chi connectivity index (χ1v) is 10.4. The van der Waals surface area contributed by atoms with Gasteiger partial charge in [-0.3, -0.25) is 0 Å². The molecule has 2 aliphatic rings. The predicted molar refractivity (Wildman–Crippen MR) is 114 cm³/mol. The predicted octanol–water partition coefficient (Wildman–Crippen LogP) is 3.42. The molecule has 0 bridgehead atoms. The van der Waals surface area contributed by atoms with Crippen LogP contribution in [0.5, 0.6) is 0 Å². The van der Waals surface area contributed by atoms with Crippen LogP contribution in [0.3, 0.4) is 0 Å². The number of quaternary nitrogens is 1. The fourth-order valence-corrected chi connectivity index (χ4v) is 4.36. The second kappa shape index (κ2) is 8.75. The number of rotatable bonds is 4. The van der Waals surface area contributed by atoms with Gasteiger partial charge >= 0.3 is 0 Å². The van der Waals surface area contributed by atoms with E-state index < -0.39 is 5.92 Å². The van der Waals surface area contributed by atoms with E-state index in [1.54, 1.807) is 24.3 Å². The van der Waals surface area contributed by atoms with E-state index in [2.05, 4.69) is 13.0 Å². The number of nitrogens with two attached hydrogens (primary N) is 1. The van der Waals surface area contributed by atoms with E-state index in [9.17, 15) is 14.0 Å². The van der Waals surface area contributed by atoms with Crippen LogP contribution < -0.4 is 10.6 Å². The highest BCUT2D eigenvalue weighted by atomic mass is 19.1. The van der Waals surface area contributed by atoms with Gasteiger partial charge in [-0.1, -0.05) is 31.2 Å². The number of benzene rings is 2. The number of allylic oxidation sites excluding steroid dienone is 1. The molecule has 0 spiro atoms. The summed E-state index contributed by atoms with van der Waals surface area (Å²) in [6, 6.07) is 14.7. The lowest BCUT2D eigenvalue weighted by atomic mass is 9.80. The fourth-order valence-electron chi connectivity index (χ4n) is 4.36. The van der Waals surface area contributed by atoms with Crippen LogP contribution in [-0.4, -0.2) is 19.6 Å². The molecule has 2 aromatic carbocycles. The summed E-state index contributed by atoms with van der Waals surface area (Å²) in [5.41, 5.74) is 10.1. The Morgan fingerprint density at radius 3 is 2.35 bits per heavy atom. The molecule has 158 valence electrons. The lowest BCUT2D eigenvalue weighted by Gasteiger charge is -2.36. The van der Waals surface area contributed by atoms with Crippen LogP contribution in [0.25, 0.3) is 6.08 Å². The van der Waals surface area contributed by atoms with Crippen LogP contribution in [0.2, 0.25) is 0 Å². The summed E-state index contributed by atoms with van der Waals surface area (Å²) in [5.74, 6) is -0.285. The molecular formula is C25H24F2N3O+. The first-order chi connectivity index (χ1) is 15.0. The first-order valence-electron chi connectivity index (χ1n) is 10.4. The largest absolute Gasteiger partial charge is 0.440 e. The molecule has 0 aliphatic carbocycles. The molecule has 1 unspecified atom stereocenters. The normalized spacial score (nSPS) is 22.2. The Morgan fingerprint density at radius 1 is 1.10 bits per heavy atom. The Kier molecular flexibility index (Phi) is 5.88. The third-order valence-corrected chi connectivity index (χ3v) is 5.72. The van der Waals surface area contributed by atoms with E-state index in [1.165, 1.54) is 29.2 Å². The van der Waals surface area contributed by atoms with Crippen molar-refractivity contribution in [1.82, 2.24) is 0 Å². The molecule has 0 amide bonds. The number of nitrogens with one attached hydrogen (secondary N) is 1. The molecule has 31 heavy (non-hydrogen) atoms. The van der Waals surface area contributed by atoms with Crippen molar-refractivity contribution < 1.29 is 18.4 Å². The quantitative estimate of drug-likeness (QED) is 0.797. The molecule has 0 fully saturated rings. The second-order valence-electron chi connectivity index (χ2n) is 7.91. The number of nitrogens with zero attached hydrogens (tertiary/aromatic N) is 1. The fraction of sp³-hybridized carbons (Fsp3) is 0.240. The summed E-state index contributed by atoms with van der Waals surface area (Å²) >= 11 is 0. The van der Waals surface area contributed by atoms with Gasteiger partial charge in [0.05, 0.1) is 12.5 Å². The van der Waals surface area contributed by atoms with E-state index >= 15 is 0 Å². The smallest absolute Gasteiger partial charge is 0.205 e. The number of nitriles is 1. The number of halogens is 2. The molecule has 0 radical (unpaired) electrons. The van der Waals surface area contributed by atoms with Crippen molar-refractivity contribution in [3.05, 3.63) is 99.7 Å². The Balaban J connectivity index is 1.85. The van der Waals surface area contributed by atoms with E-state index in [0.717, 1.165) is 41.8 Å². The molecule has 2 aromatic rings. The van der Waals surface area contributed by atoms with E-state index in [0.29, 0.717) is 17.9 Å². The summed E-state index contributed by atoms with van der Waals surface area (Å²) in [5, 5.41) is 9.81. The molecule has 4 nitrogen and oxygen atoms in total. The van der Waals surface area contributed by atoms with Gasteiger partial charge in [0.15, 0.2) is 0 Å². The standard InChI is InChI=1S/C25H23F2N3O/c1-2-11-30-14-18(12-16-3-7-19(26)8-4-16)24-22(15-30)23(21(13-28)25(29)31-24)17-5-9-20(27)10-6-17/h3-10,12,23H,2,11,14-15,29H2,1H3/p+1/b18-12+/t23-/m0/s1. The third-order valence-electron chi connectivity index (χ3n) is 5.72. The van der Waals surface area contributed by atoms with Crippen molar-refractivity contribution in [2.24, 2.45) is 5.73 Å². The molecule has 2 atom stereocenters. The first kappa shape index (κ1) is 20.8. The van der Waals surface area contributed by atoms with Gasteiger partial charge in [-0.15, -0.1) is 0 Å². The zero-order valence-electron chi connectivity index (χ0n) is 17.3. The molecular weight excluding hydrogens is 396 g/mol. The summed E-state index contributed by atoms with van der Waals surface area (Å²) < 4.78 is 32.9. The van der Waals surface area contributed by atoms with Gasteiger partial charge in [0.1, 0.15) is 42.1 Å². The second-order valence-corrected chi connectivity index (χ2v) is 7.91. The van der Waals surface area contributed by atoms with Gasteiger partial charge in [-0.05, 0) is 47.9 Å². The molecule has 2 heterocycles. The maximum Gasteiger partial charge on any atom is 0.205 e. The number of ether oxygens (including phenoxy) is 1. The molecule has 0 saturated heterocycles. The van der Waals surface area contributed by atoms with Crippen LogP contribution in [0.1, 0.15) is 30.4 Å². The maximum atomic E-state index is 13.6. The maximum absolute atomic E-state index is 13.6. The summed E-state index contributed by atoms with van der Waals surface area (Å²) in [6.07, 6.45) is 2.99. The molecule has 0 saturated carbocycles. The summed E-state index contributed by atoms with van der Waals surface area (Å²) in [4.78, 5) is 1.34. The van der Waals surface area contributed by atoms with Gasteiger partial charge in [-0.2, -0.15) is 5.26 Å². The zero-order chi connectivity index (χ0) is 22.0. The highest BCUT2D eigenvalue weighted by Gasteiger charge is 2.39. The monoisotopic (exact) mass is 420 g/mol. The van der Waals surface area contributed by atoms with Crippen molar-refractivity contribution in [2.45, 2.75) is 19.3 Å². The lowest BCUT2D eigenvalue weighted by Crippen LogP contribution is -3.13. The molecule has 0 aromatic heterocycles. The van der Waals surface area contributed by atoms with E-state index in [-0.39, 0.29) is 17.5 Å². The minimum atomic E-state index is -0.391. The van der Waals surface area contributed by atoms with Crippen molar-refractivity contribution in [1.29, 1.82) is 5.26 Å². The van der Waals surface area contributed by atoms with E-state index in [4.69, 9.17) is 10.5 Å². The SMILES string of the molecule is CCC[NH+]1CC2=C(OC(N)=C(C#N)[C@@H]2c2ccc(F)cc2)/C(=C/c2ccc(F)cc2)C1. The number of hydrogen-bond donors (Lipinski definition) is 2. The molecule has 6 heteroatoms. The Morgan fingerprint density at radius 2 is 1.74 bits per heavy atom. The van der Waals surface area contributed by atoms with Crippen molar-refractivity contribution >= 4 is 6.08 Å². The summed E-state index contributed by atoms with van der Waals surface area (Å²) in [6.45, 7) is 4.52. The van der Waals surface area contributed by atoms with Crippen LogP contribution in [-0.2, 0) is 4.74 Å². The van der Waals surface area contributed by atoms with Gasteiger partial charge in [0, 0.05) is 11.1 Å². The van der Waals surface area contributed by atoms with Crippen molar-refractivity contribution in [2.75, 3.05) is 19.6 Å². The van der Waals surface area contributed by atoms with Crippen LogP contribution in [0.15, 0.2) is 76.9 Å². The molecule has 3 N–H and O–H groups in total. The van der Waals surface area contributed by atoms with Gasteiger partial charge in [0.2, 0.25) is 5.88 Å². The molecule has 2 aliphatic heterocycles. The summed E-state index contributed by atoms with van der Waals surface area (Å²) in [7, 11) is 0. The Bertz CT molecular complexity index is 1110. The highest BCUT2D eigenvalue weighted by molar-refractivity contribution is 5.62. The molecule has 4 rings (SSSR count). The van der Waals surface area contributed by atoms with Crippen LogP contribution in [0, 0.1) is 23.0 Å².